The predicted molar refractivity (Wildman–Crippen MR) is 145 cm³/mol. The quantitative estimate of drug-likeness (QED) is 0.339. The lowest BCUT2D eigenvalue weighted by Gasteiger charge is -2.35. The number of amides is 1. The first-order chi connectivity index (χ1) is 17.3. The molecule has 2 aromatic carbocycles. The number of Topliss-reactive ketones (excluding diaryl/α,β-unsaturated/α-hetero) is 1. The minimum atomic E-state index is -0.0448. The van der Waals surface area contributed by atoms with Crippen molar-refractivity contribution in [1.82, 2.24) is 24.3 Å². The van der Waals surface area contributed by atoms with Crippen LogP contribution in [0, 0.1) is 0 Å². The molecule has 0 atom stereocenters. The Kier molecular flexibility index (Phi) is 6.96. The van der Waals surface area contributed by atoms with Gasteiger partial charge in [0.25, 0.3) is 0 Å². The first kappa shape index (κ1) is 24.7. The molecule has 188 valence electrons. The number of carbonyl (C=O) groups is 2. The van der Waals surface area contributed by atoms with Crippen molar-refractivity contribution in [3.05, 3.63) is 47.0 Å². The molecule has 1 saturated heterocycles. The molecule has 4 aromatic rings. The van der Waals surface area contributed by atoms with E-state index in [1.165, 1.54) is 11.3 Å². The molecule has 1 aliphatic heterocycles. The molecule has 0 spiro atoms. The summed E-state index contributed by atoms with van der Waals surface area (Å²) in [6.07, 6.45) is 2.39. The average molecular weight is 525 g/mol. The third-order valence-electron chi connectivity index (χ3n) is 6.89. The Labute approximate surface area is 218 Å². The van der Waals surface area contributed by atoms with Crippen LogP contribution in [0.4, 0.5) is 11.1 Å². The number of fused-ring (bicyclic) bond motifs is 2. The van der Waals surface area contributed by atoms with Crippen LogP contribution in [0.2, 0.25) is 5.02 Å². The molecule has 1 aliphatic rings. The van der Waals surface area contributed by atoms with Gasteiger partial charge in [-0.05, 0) is 63.3 Å². The van der Waals surface area contributed by atoms with Crippen LogP contribution in [0.5, 0.6) is 0 Å². The Hall–Kier alpha value is -3.01. The van der Waals surface area contributed by atoms with E-state index in [-0.39, 0.29) is 24.5 Å². The normalized spacial score (nSPS) is 14.8. The summed E-state index contributed by atoms with van der Waals surface area (Å²) in [4.78, 5) is 38.9. The van der Waals surface area contributed by atoms with Gasteiger partial charge in [0, 0.05) is 49.6 Å². The van der Waals surface area contributed by atoms with Crippen molar-refractivity contribution in [3.8, 4) is 0 Å². The molecule has 1 N–H and O–H groups in total. The Morgan fingerprint density at radius 3 is 2.61 bits per heavy atom. The van der Waals surface area contributed by atoms with Gasteiger partial charge in [0.2, 0.25) is 11.9 Å². The van der Waals surface area contributed by atoms with Crippen LogP contribution < -0.4 is 5.32 Å². The number of halogens is 1. The highest BCUT2D eigenvalue weighted by Gasteiger charge is 2.24. The van der Waals surface area contributed by atoms with E-state index < -0.39 is 0 Å². The number of likely N-dealkylation sites (tertiary alicyclic amines) is 1. The predicted octanol–water partition coefficient (Wildman–Crippen LogP) is 5.10. The van der Waals surface area contributed by atoms with E-state index in [0.717, 1.165) is 46.8 Å². The second-order valence-corrected chi connectivity index (χ2v) is 10.9. The van der Waals surface area contributed by atoms with E-state index in [9.17, 15) is 9.59 Å². The standard InChI is InChI=1S/C26H29ClN6O2S/c1-31(2)18-10-12-33(13-11-18)24(35)9-8-22(34)16-4-7-21-20(14-16)28-25(32(21)3)30-26-29-19-6-5-17(27)15-23(19)36-26/h4-7,14-15,18H,8-13H2,1-3H3,(H,28,29,30). The van der Waals surface area contributed by atoms with Gasteiger partial charge in [-0.15, -0.1) is 0 Å². The maximum Gasteiger partial charge on any atom is 0.223 e. The third-order valence-corrected chi connectivity index (χ3v) is 8.05. The molecule has 0 bridgehead atoms. The number of carbonyl (C=O) groups excluding carboxylic acids is 2. The largest absolute Gasteiger partial charge is 0.343 e. The zero-order valence-corrected chi connectivity index (χ0v) is 22.2. The number of nitrogens with one attached hydrogen (secondary N) is 1. The topological polar surface area (TPSA) is 83.4 Å². The zero-order valence-electron chi connectivity index (χ0n) is 20.6. The SMILES string of the molecule is CN(C)C1CCN(C(=O)CCC(=O)c2ccc3c(c2)nc(Nc2nc4ccc(Cl)cc4s2)n3C)CC1. The van der Waals surface area contributed by atoms with Gasteiger partial charge in [-0.25, -0.2) is 9.97 Å². The maximum absolute atomic E-state index is 12.9. The molecule has 36 heavy (non-hydrogen) atoms. The average Bonchev–Trinajstić information content (AvgIpc) is 3.41. The maximum atomic E-state index is 12.9. The van der Waals surface area contributed by atoms with E-state index in [1.54, 1.807) is 6.07 Å². The van der Waals surface area contributed by atoms with Gasteiger partial charge in [-0.1, -0.05) is 22.9 Å². The molecular formula is C26H29ClN6O2S. The number of aromatic nitrogens is 3. The summed E-state index contributed by atoms with van der Waals surface area (Å²) in [5.74, 6) is 0.649. The number of hydrogen-bond donors (Lipinski definition) is 1. The van der Waals surface area contributed by atoms with Crippen LogP contribution in [-0.4, -0.2) is 69.3 Å². The number of ketones is 1. The second kappa shape index (κ2) is 10.2. The fourth-order valence-electron chi connectivity index (χ4n) is 4.69. The molecule has 1 fully saturated rings. The van der Waals surface area contributed by atoms with Crippen LogP contribution in [0.1, 0.15) is 36.0 Å². The van der Waals surface area contributed by atoms with Gasteiger partial charge in [-0.3, -0.25) is 9.59 Å². The fourth-order valence-corrected chi connectivity index (χ4v) is 5.82. The zero-order chi connectivity index (χ0) is 25.4. The van der Waals surface area contributed by atoms with Gasteiger partial charge in [0.05, 0.1) is 21.3 Å². The minimum absolute atomic E-state index is 0.0448. The van der Waals surface area contributed by atoms with Gasteiger partial charge >= 0.3 is 0 Å². The number of hydrogen-bond acceptors (Lipinski definition) is 7. The first-order valence-electron chi connectivity index (χ1n) is 12.1. The van der Waals surface area contributed by atoms with E-state index in [0.29, 0.717) is 28.1 Å². The number of piperidine rings is 1. The molecule has 0 saturated carbocycles. The number of thiazole rings is 1. The lowest BCUT2D eigenvalue weighted by molar-refractivity contribution is -0.132. The van der Waals surface area contributed by atoms with Crippen molar-refractivity contribution in [2.45, 2.75) is 31.7 Å². The smallest absolute Gasteiger partial charge is 0.223 e. The third kappa shape index (κ3) is 5.09. The molecule has 10 heteroatoms. The molecule has 0 unspecified atom stereocenters. The van der Waals surface area contributed by atoms with E-state index in [2.05, 4.69) is 34.3 Å². The Morgan fingerprint density at radius 1 is 1.08 bits per heavy atom. The summed E-state index contributed by atoms with van der Waals surface area (Å²) in [7, 11) is 6.08. The van der Waals surface area contributed by atoms with Crippen molar-refractivity contribution in [2.75, 3.05) is 32.5 Å². The summed E-state index contributed by atoms with van der Waals surface area (Å²) >= 11 is 7.60. The monoisotopic (exact) mass is 524 g/mol. The number of nitrogens with zero attached hydrogens (tertiary/aromatic N) is 5. The molecular weight excluding hydrogens is 496 g/mol. The molecule has 8 nitrogen and oxygen atoms in total. The molecule has 5 rings (SSSR count). The number of benzene rings is 2. The number of aryl methyl sites for hydroxylation is 1. The van der Waals surface area contributed by atoms with Crippen molar-refractivity contribution in [1.29, 1.82) is 0 Å². The second-order valence-electron chi connectivity index (χ2n) is 9.45. The summed E-state index contributed by atoms with van der Waals surface area (Å²) < 4.78 is 2.93. The Balaban J connectivity index is 1.24. The lowest BCUT2D eigenvalue weighted by Crippen LogP contribution is -2.44. The van der Waals surface area contributed by atoms with Crippen LogP contribution in [0.15, 0.2) is 36.4 Å². The number of imidazole rings is 1. The highest BCUT2D eigenvalue weighted by molar-refractivity contribution is 7.22. The van der Waals surface area contributed by atoms with Gasteiger partial charge in [0.1, 0.15) is 0 Å². The summed E-state index contributed by atoms with van der Waals surface area (Å²) in [6, 6.07) is 11.6. The first-order valence-corrected chi connectivity index (χ1v) is 13.2. The molecule has 1 amide bonds. The molecule has 0 radical (unpaired) electrons. The molecule has 3 heterocycles. The highest BCUT2D eigenvalue weighted by atomic mass is 35.5. The Morgan fingerprint density at radius 2 is 1.86 bits per heavy atom. The van der Waals surface area contributed by atoms with E-state index >= 15 is 0 Å². The number of anilines is 2. The fraction of sp³-hybridized carbons (Fsp3) is 0.385. The van der Waals surface area contributed by atoms with Crippen molar-refractivity contribution in [3.63, 3.8) is 0 Å². The lowest BCUT2D eigenvalue weighted by atomic mass is 10.0. The van der Waals surface area contributed by atoms with Gasteiger partial charge < -0.3 is 19.7 Å². The van der Waals surface area contributed by atoms with Crippen molar-refractivity contribution < 1.29 is 9.59 Å². The van der Waals surface area contributed by atoms with Crippen LogP contribution in [0.25, 0.3) is 21.3 Å². The molecule has 2 aromatic heterocycles. The van der Waals surface area contributed by atoms with E-state index in [1.807, 2.05) is 46.8 Å². The number of rotatable bonds is 7. The summed E-state index contributed by atoms with van der Waals surface area (Å²) in [5, 5.41) is 4.68. The van der Waals surface area contributed by atoms with E-state index in [4.69, 9.17) is 11.6 Å². The van der Waals surface area contributed by atoms with Crippen LogP contribution in [-0.2, 0) is 11.8 Å². The van der Waals surface area contributed by atoms with Crippen molar-refractivity contribution in [2.24, 2.45) is 7.05 Å². The highest BCUT2D eigenvalue weighted by Crippen LogP contribution is 2.31. The summed E-state index contributed by atoms with van der Waals surface area (Å²) in [6.45, 7) is 1.51. The van der Waals surface area contributed by atoms with Gasteiger partial charge in [0.15, 0.2) is 10.9 Å². The molecule has 0 aliphatic carbocycles. The van der Waals surface area contributed by atoms with Crippen LogP contribution >= 0.6 is 22.9 Å². The van der Waals surface area contributed by atoms with Crippen molar-refractivity contribution >= 4 is 67.0 Å². The van der Waals surface area contributed by atoms with Crippen LogP contribution in [0.3, 0.4) is 0 Å². The Bertz CT molecular complexity index is 1440. The minimum Gasteiger partial charge on any atom is -0.343 e. The van der Waals surface area contributed by atoms with Gasteiger partial charge in [-0.2, -0.15) is 0 Å². The summed E-state index contributed by atoms with van der Waals surface area (Å²) in [5.41, 5.74) is 3.06.